The first-order valence-electron chi connectivity index (χ1n) is 5.98. The maximum Gasteiger partial charge on any atom is 0.418 e. The molecule has 1 unspecified atom stereocenters. The molecule has 0 radical (unpaired) electrons. The van der Waals surface area contributed by atoms with Crippen molar-refractivity contribution < 1.29 is 23.1 Å². The van der Waals surface area contributed by atoms with Gasteiger partial charge in [-0.25, -0.2) is 0 Å². The number of carbonyl (C=O) groups is 1. The number of aldehydes is 1. The molecule has 104 valence electrons. The van der Waals surface area contributed by atoms with E-state index in [2.05, 4.69) is 0 Å². The van der Waals surface area contributed by atoms with Gasteiger partial charge in [0.1, 0.15) is 6.29 Å². The second kappa shape index (κ2) is 5.21. The summed E-state index contributed by atoms with van der Waals surface area (Å²) in [5, 5.41) is 9.05. The van der Waals surface area contributed by atoms with Crippen molar-refractivity contribution in [1.29, 1.82) is 0 Å². The van der Waals surface area contributed by atoms with E-state index in [4.69, 9.17) is 5.11 Å². The van der Waals surface area contributed by atoms with Crippen LogP contribution in [0.2, 0.25) is 0 Å². The van der Waals surface area contributed by atoms with E-state index in [0.29, 0.717) is 25.8 Å². The number of aliphatic hydroxyl groups excluding tert-OH is 1. The lowest BCUT2D eigenvalue weighted by molar-refractivity contribution is -0.137. The zero-order valence-corrected chi connectivity index (χ0v) is 10.2. The number of hydrogen-bond donors (Lipinski definition) is 1. The second-order valence-electron chi connectivity index (χ2n) is 4.68. The van der Waals surface area contributed by atoms with Gasteiger partial charge < -0.3 is 10.0 Å². The third-order valence-corrected chi connectivity index (χ3v) is 3.35. The molecule has 1 aromatic carbocycles. The van der Waals surface area contributed by atoms with Crippen LogP contribution < -0.4 is 4.90 Å². The molecule has 0 spiro atoms. The number of alkyl halides is 3. The Morgan fingerprint density at radius 3 is 2.68 bits per heavy atom. The molecule has 1 aliphatic rings. The minimum absolute atomic E-state index is 0.00633. The van der Waals surface area contributed by atoms with Gasteiger partial charge in [-0.2, -0.15) is 13.2 Å². The number of aliphatic hydroxyl groups is 1. The molecule has 1 N–H and O–H groups in total. The molecule has 0 bridgehead atoms. The first-order chi connectivity index (χ1) is 8.95. The SMILES string of the molecule is O=Cc1ccc(N2CCC(CO)C2)c(C(F)(F)F)c1. The van der Waals surface area contributed by atoms with Crippen LogP contribution in [-0.4, -0.2) is 31.1 Å². The van der Waals surface area contributed by atoms with Gasteiger partial charge in [-0.15, -0.1) is 0 Å². The summed E-state index contributed by atoms with van der Waals surface area (Å²) >= 11 is 0. The highest BCUT2D eigenvalue weighted by Gasteiger charge is 2.36. The summed E-state index contributed by atoms with van der Waals surface area (Å²) in [6.07, 6.45) is -3.42. The van der Waals surface area contributed by atoms with E-state index < -0.39 is 11.7 Å². The maximum absolute atomic E-state index is 13.0. The van der Waals surface area contributed by atoms with E-state index in [1.54, 1.807) is 4.90 Å². The maximum atomic E-state index is 13.0. The minimum Gasteiger partial charge on any atom is -0.396 e. The predicted octanol–water partition coefficient (Wildman–Crippen LogP) is 2.34. The molecule has 1 aromatic rings. The van der Waals surface area contributed by atoms with Crippen molar-refractivity contribution in [2.24, 2.45) is 5.92 Å². The van der Waals surface area contributed by atoms with Crippen molar-refractivity contribution in [3.8, 4) is 0 Å². The van der Waals surface area contributed by atoms with Crippen molar-refractivity contribution in [2.45, 2.75) is 12.6 Å². The van der Waals surface area contributed by atoms with Crippen molar-refractivity contribution in [2.75, 3.05) is 24.6 Å². The smallest absolute Gasteiger partial charge is 0.396 e. The van der Waals surface area contributed by atoms with Crippen molar-refractivity contribution >= 4 is 12.0 Å². The van der Waals surface area contributed by atoms with Gasteiger partial charge in [0.05, 0.1) is 5.56 Å². The first-order valence-corrected chi connectivity index (χ1v) is 5.98. The van der Waals surface area contributed by atoms with Crippen molar-refractivity contribution in [3.05, 3.63) is 29.3 Å². The summed E-state index contributed by atoms with van der Waals surface area (Å²) in [7, 11) is 0. The lowest BCUT2D eigenvalue weighted by Crippen LogP contribution is -2.24. The summed E-state index contributed by atoms with van der Waals surface area (Å²) in [5.41, 5.74) is -0.710. The third kappa shape index (κ3) is 2.89. The zero-order chi connectivity index (χ0) is 14.0. The van der Waals surface area contributed by atoms with Crippen LogP contribution in [0, 0.1) is 5.92 Å². The Balaban J connectivity index is 2.37. The van der Waals surface area contributed by atoms with E-state index in [0.717, 1.165) is 6.07 Å². The fourth-order valence-electron chi connectivity index (χ4n) is 2.33. The Morgan fingerprint density at radius 1 is 1.42 bits per heavy atom. The minimum atomic E-state index is -4.49. The van der Waals surface area contributed by atoms with Crippen molar-refractivity contribution in [1.82, 2.24) is 0 Å². The Kier molecular flexibility index (Phi) is 3.80. The molecule has 1 heterocycles. The topological polar surface area (TPSA) is 40.5 Å². The molecule has 19 heavy (non-hydrogen) atoms. The summed E-state index contributed by atoms with van der Waals surface area (Å²) in [4.78, 5) is 12.2. The second-order valence-corrected chi connectivity index (χ2v) is 4.68. The fourth-order valence-corrected chi connectivity index (χ4v) is 2.33. The van der Waals surface area contributed by atoms with Crippen LogP contribution in [0.25, 0.3) is 0 Å². The molecule has 1 fully saturated rings. The van der Waals surface area contributed by atoms with Crippen LogP contribution in [0.5, 0.6) is 0 Å². The van der Waals surface area contributed by atoms with Crippen LogP contribution in [0.15, 0.2) is 18.2 Å². The Morgan fingerprint density at radius 2 is 2.16 bits per heavy atom. The summed E-state index contributed by atoms with van der Waals surface area (Å²) in [6, 6.07) is 3.57. The van der Waals surface area contributed by atoms with Gasteiger partial charge in [-0.1, -0.05) is 0 Å². The molecule has 0 aromatic heterocycles. The molecule has 3 nitrogen and oxygen atoms in total. The summed E-state index contributed by atoms with van der Waals surface area (Å²) in [6.45, 7) is 0.860. The first kappa shape index (κ1) is 13.9. The molecule has 0 amide bonds. The summed E-state index contributed by atoms with van der Waals surface area (Å²) < 4.78 is 39.0. The van der Waals surface area contributed by atoms with Crippen molar-refractivity contribution in [3.63, 3.8) is 0 Å². The highest BCUT2D eigenvalue weighted by molar-refractivity contribution is 5.77. The van der Waals surface area contributed by atoms with Gasteiger partial charge in [-0.3, -0.25) is 4.79 Å². The molecule has 0 aliphatic carbocycles. The molecule has 1 saturated heterocycles. The number of halogens is 3. The number of benzene rings is 1. The average Bonchev–Trinajstić information content (AvgIpc) is 2.85. The van der Waals surface area contributed by atoms with E-state index in [1.165, 1.54) is 12.1 Å². The highest BCUT2D eigenvalue weighted by atomic mass is 19.4. The standard InChI is InChI=1S/C13H14F3NO2/c14-13(15,16)11-5-9(7-18)1-2-12(11)17-4-3-10(6-17)8-19/h1-2,5,7,10,19H,3-4,6,8H2. The summed E-state index contributed by atoms with van der Waals surface area (Å²) in [5.74, 6) is 0.00633. The van der Waals surface area contributed by atoms with Crippen LogP contribution in [0.4, 0.5) is 18.9 Å². The molecule has 1 aliphatic heterocycles. The van der Waals surface area contributed by atoms with Gasteiger partial charge >= 0.3 is 6.18 Å². The number of anilines is 1. The average molecular weight is 273 g/mol. The van der Waals surface area contributed by atoms with Crippen LogP contribution in [0.3, 0.4) is 0 Å². The van der Waals surface area contributed by atoms with Gasteiger partial charge in [-0.05, 0) is 24.6 Å². The highest BCUT2D eigenvalue weighted by Crippen LogP contribution is 2.38. The van der Waals surface area contributed by atoms with Gasteiger partial charge in [0.15, 0.2) is 0 Å². The largest absolute Gasteiger partial charge is 0.418 e. The van der Waals surface area contributed by atoms with E-state index in [-0.39, 0.29) is 23.8 Å². The Hall–Kier alpha value is -1.56. The number of carbonyl (C=O) groups excluding carboxylic acids is 1. The number of hydrogen-bond acceptors (Lipinski definition) is 3. The molecular weight excluding hydrogens is 259 g/mol. The van der Waals surface area contributed by atoms with Crippen LogP contribution >= 0.6 is 0 Å². The molecule has 6 heteroatoms. The predicted molar refractivity (Wildman–Crippen MR) is 64.2 cm³/mol. The normalized spacial score (nSPS) is 19.8. The Bertz CT molecular complexity index is 473. The number of nitrogens with zero attached hydrogens (tertiary/aromatic N) is 1. The van der Waals surface area contributed by atoms with Crippen LogP contribution in [-0.2, 0) is 6.18 Å². The third-order valence-electron chi connectivity index (χ3n) is 3.35. The van der Waals surface area contributed by atoms with E-state index >= 15 is 0 Å². The molecular formula is C13H14F3NO2. The van der Waals surface area contributed by atoms with Gasteiger partial charge in [0.2, 0.25) is 0 Å². The van der Waals surface area contributed by atoms with Gasteiger partial charge in [0.25, 0.3) is 0 Å². The fraction of sp³-hybridized carbons (Fsp3) is 0.462. The monoisotopic (exact) mass is 273 g/mol. The molecule has 2 rings (SSSR count). The quantitative estimate of drug-likeness (QED) is 0.859. The zero-order valence-electron chi connectivity index (χ0n) is 10.2. The Labute approximate surface area is 108 Å². The van der Waals surface area contributed by atoms with E-state index in [9.17, 15) is 18.0 Å². The van der Waals surface area contributed by atoms with Gasteiger partial charge in [0, 0.05) is 36.9 Å². The lowest BCUT2D eigenvalue weighted by Gasteiger charge is -2.23. The number of rotatable bonds is 3. The lowest BCUT2D eigenvalue weighted by atomic mass is 10.1. The molecule has 1 atom stereocenters. The molecule has 0 saturated carbocycles. The van der Waals surface area contributed by atoms with E-state index in [1.807, 2.05) is 0 Å². The van der Waals surface area contributed by atoms with Crippen LogP contribution in [0.1, 0.15) is 22.3 Å².